The zero-order valence-corrected chi connectivity index (χ0v) is 17.1. The summed E-state index contributed by atoms with van der Waals surface area (Å²) in [5.74, 6) is 0.112. The predicted octanol–water partition coefficient (Wildman–Crippen LogP) is 4.89. The van der Waals surface area contributed by atoms with Crippen LogP contribution in [0.2, 0.25) is 0 Å². The Labute approximate surface area is 166 Å². The van der Waals surface area contributed by atoms with Gasteiger partial charge in [-0.3, -0.25) is 4.55 Å². The SMILES string of the molecule is CC1(C)[C@H]2CC[C@@]1(CS(=O)(=O)O)/C(=N\N(c1ccccc1)c1ccccc1)C2. The summed E-state index contributed by atoms with van der Waals surface area (Å²) in [6.07, 6.45) is 2.47. The van der Waals surface area contributed by atoms with Crippen molar-refractivity contribution in [1.29, 1.82) is 0 Å². The van der Waals surface area contributed by atoms with Gasteiger partial charge in [0.2, 0.25) is 0 Å². The van der Waals surface area contributed by atoms with Gasteiger partial charge < -0.3 is 0 Å². The molecule has 0 unspecified atom stereocenters. The Balaban J connectivity index is 1.84. The zero-order valence-electron chi connectivity index (χ0n) is 16.2. The molecule has 2 aliphatic rings. The number of benzene rings is 2. The molecule has 2 aliphatic carbocycles. The van der Waals surface area contributed by atoms with E-state index in [1.54, 1.807) is 0 Å². The van der Waals surface area contributed by atoms with Crippen LogP contribution >= 0.6 is 0 Å². The van der Waals surface area contributed by atoms with Gasteiger partial charge in [-0.2, -0.15) is 13.5 Å². The summed E-state index contributed by atoms with van der Waals surface area (Å²) in [6, 6.07) is 19.7. The Hall–Kier alpha value is -2.18. The van der Waals surface area contributed by atoms with Gasteiger partial charge in [0.1, 0.15) is 0 Å². The van der Waals surface area contributed by atoms with Gasteiger partial charge in [0, 0.05) is 11.1 Å². The molecule has 0 spiro atoms. The molecule has 2 fully saturated rings. The molecule has 148 valence electrons. The van der Waals surface area contributed by atoms with E-state index in [-0.39, 0.29) is 11.2 Å². The third-order valence-electron chi connectivity index (χ3n) is 6.82. The number of rotatable bonds is 5. The maximum absolute atomic E-state index is 11.9. The third kappa shape index (κ3) is 3.14. The fourth-order valence-corrected chi connectivity index (χ4v) is 6.42. The van der Waals surface area contributed by atoms with E-state index < -0.39 is 15.5 Å². The fourth-order valence-electron chi connectivity index (χ4n) is 5.11. The summed E-state index contributed by atoms with van der Waals surface area (Å²) in [6.45, 7) is 4.24. The number of para-hydroxylation sites is 2. The molecular formula is C22H26N2O3S. The second-order valence-corrected chi connectivity index (χ2v) is 9.95. The molecule has 1 N–H and O–H groups in total. The highest BCUT2D eigenvalue weighted by Crippen LogP contribution is 2.64. The Morgan fingerprint density at radius 1 is 1.04 bits per heavy atom. The summed E-state index contributed by atoms with van der Waals surface area (Å²) in [5, 5.41) is 6.91. The van der Waals surface area contributed by atoms with Crippen molar-refractivity contribution in [3.8, 4) is 0 Å². The Morgan fingerprint density at radius 2 is 1.57 bits per heavy atom. The lowest BCUT2D eigenvalue weighted by Crippen LogP contribution is -2.42. The van der Waals surface area contributed by atoms with E-state index in [0.717, 1.165) is 36.3 Å². The number of hydrogen-bond donors (Lipinski definition) is 1. The quantitative estimate of drug-likeness (QED) is 0.575. The topological polar surface area (TPSA) is 70.0 Å². The van der Waals surface area contributed by atoms with Crippen molar-refractivity contribution in [3.05, 3.63) is 60.7 Å². The molecular weight excluding hydrogens is 372 g/mol. The summed E-state index contributed by atoms with van der Waals surface area (Å²) in [5.41, 5.74) is 1.86. The number of fused-ring (bicyclic) bond motifs is 2. The Bertz CT molecular complexity index is 947. The molecule has 0 aromatic heterocycles. The first-order chi connectivity index (χ1) is 13.2. The van der Waals surface area contributed by atoms with Gasteiger partial charge in [-0.1, -0.05) is 50.2 Å². The van der Waals surface area contributed by atoms with Crippen LogP contribution in [0.1, 0.15) is 33.1 Å². The van der Waals surface area contributed by atoms with E-state index in [9.17, 15) is 13.0 Å². The minimum atomic E-state index is -4.12. The van der Waals surface area contributed by atoms with Gasteiger partial charge in [-0.15, -0.1) is 0 Å². The van der Waals surface area contributed by atoms with Crippen molar-refractivity contribution in [3.63, 3.8) is 0 Å². The van der Waals surface area contributed by atoms with E-state index in [1.807, 2.05) is 65.7 Å². The lowest BCUT2D eigenvalue weighted by atomic mass is 9.70. The largest absolute Gasteiger partial charge is 0.286 e. The van der Waals surface area contributed by atoms with Crippen molar-refractivity contribution in [2.45, 2.75) is 33.1 Å². The second-order valence-electron chi connectivity index (χ2n) is 8.50. The molecule has 0 aliphatic heterocycles. The number of nitrogens with zero attached hydrogens (tertiary/aromatic N) is 2. The Kier molecular flexibility index (Phi) is 4.59. The van der Waals surface area contributed by atoms with Gasteiger partial charge in [0.05, 0.1) is 17.1 Å². The molecule has 0 heterocycles. The maximum atomic E-state index is 11.9. The molecule has 5 nitrogen and oxygen atoms in total. The Morgan fingerprint density at radius 3 is 2.04 bits per heavy atom. The van der Waals surface area contributed by atoms with Crippen molar-refractivity contribution >= 4 is 27.2 Å². The van der Waals surface area contributed by atoms with Crippen LogP contribution in [-0.4, -0.2) is 24.4 Å². The predicted molar refractivity (Wildman–Crippen MR) is 112 cm³/mol. The van der Waals surface area contributed by atoms with Crippen molar-refractivity contribution < 1.29 is 13.0 Å². The molecule has 28 heavy (non-hydrogen) atoms. The molecule has 2 aromatic rings. The smallest absolute Gasteiger partial charge is 0.265 e. The van der Waals surface area contributed by atoms with Crippen LogP contribution < -0.4 is 5.01 Å². The highest BCUT2D eigenvalue weighted by Gasteiger charge is 2.64. The molecule has 2 atom stereocenters. The molecule has 2 aromatic carbocycles. The number of anilines is 2. The maximum Gasteiger partial charge on any atom is 0.265 e. The van der Waals surface area contributed by atoms with Gasteiger partial charge >= 0.3 is 0 Å². The summed E-state index contributed by atoms with van der Waals surface area (Å²) in [4.78, 5) is 0. The molecule has 0 radical (unpaired) electrons. The van der Waals surface area contributed by atoms with E-state index in [1.165, 1.54) is 0 Å². The van der Waals surface area contributed by atoms with Crippen LogP contribution in [0.25, 0.3) is 0 Å². The second kappa shape index (κ2) is 6.71. The normalized spacial score (nSPS) is 27.2. The summed E-state index contributed by atoms with van der Waals surface area (Å²) in [7, 11) is -4.12. The van der Waals surface area contributed by atoms with E-state index >= 15 is 0 Å². The first-order valence-corrected chi connectivity index (χ1v) is 11.3. The summed E-state index contributed by atoms with van der Waals surface area (Å²) < 4.78 is 33.5. The van der Waals surface area contributed by atoms with Crippen LogP contribution in [0.3, 0.4) is 0 Å². The van der Waals surface area contributed by atoms with Gasteiger partial charge in [0.15, 0.2) is 0 Å². The lowest BCUT2D eigenvalue weighted by molar-refractivity contribution is 0.193. The van der Waals surface area contributed by atoms with Gasteiger partial charge in [-0.25, -0.2) is 5.01 Å². The van der Waals surface area contributed by atoms with Crippen LogP contribution in [0.4, 0.5) is 11.4 Å². The molecule has 2 saturated carbocycles. The van der Waals surface area contributed by atoms with E-state index in [4.69, 9.17) is 5.10 Å². The number of hydrazone groups is 1. The van der Waals surface area contributed by atoms with Crippen LogP contribution in [0, 0.1) is 16.7 Å². The highest BCUT2D eigenvalue weighted by molar-refractivity contribution is 7.85. The third-order valence-corrected chi connectivity index (χ3v) is 7.67. The minimum absolute atomic E-state index is 0.222. The highest BCUT2D eigenvalue weighted by atomic mass is 32.2. The first kappa shape index (κ1) is 19.2. The van der Waals surface area contributed by atoms with Gasteiger partial charge in [-0.05, 0) is 54.9 Å². The fraction of sp³-hybridized carbons (Fsp3) is 0.409. The van der Waals surface area contributed by atoms with E-state index in [0.29, 0.717) is 5.92 Å². The van der Waals surface area contributed by atoms with Crippen LogP contribution in [0.15, 0.2) is 65.8 Å². The molecule has 2 bridgehead atoms. The van der Waals surface area contributed by atoms with Crippen molar-refractivity contribution in [1.82, 2.24) is 0 Å². The zero-order chi connectivity index (χ0) is 20.0. The standard InChI is InChI=1S/C22H26N2O3S/c1-21(2)17-13-14-22(21,16-28(25,26)27)20(15-17)23-24(18-9-5-3-6-10-18)19-11-7-4-8-12-19/h3-12,17H,13-16H2,1-2H3,(H,25,26,27)/b23-20-/t17-,22+/m0/s1. The molecule has 4 rings (SSSR count). The summed E-state index contributed by atoms with van der Waals surface area (Å²) >= 11 is 0. The first-order valence-electron chi connectivity index (χ1n) is 9.66. The van der Waals surface area contributed by atoms with Crippen molar-refractivity contribution in [2.24, 2.45) is 21.8 Å². The monoisotopic (exact) mass is 398 g/mol. The molecule has 0 saturated heterocycles. The van der Waals surface area contributed by atoms with E-state index in [2.05, 4.69) is 13.8 Å². The van der Waals surface area contributed by atoms with Gasteiger partial charge in [0.25, 0.3) is 10.1 Å². The minimum Gasteiger partial charge on any atom is -0.286 e. The molecule has 6 heteroatoms. The van der Waals surface area contributed by atoms with Crippen LogP contribution in [-0.2, 0) is 10.1 Å². The number of hydrogen-bond acceptors (Lipinski definition) is 4. The average molecular weight is 399 g/mol. The van der Waals surface area contributed by atoms with Crippen molar-refractivity contribution in [2.75, 3.05) is 10.8 Å². The molecule has 0 amide bonds. The average Bonchev–Trinajstić information content (AvgIpc) is 3.01. The van der Waals surface area contributed by atoms with Crippen LogP contribution in [0.5, 0.6) is 0 Å². The lowest BCUT2D eigenvalue weighted by Gasteiger charge is -2.38.